The highest BCUT2D eigenvalue weighted by atomic mass is 35.5. The molecule has 4 N–H and O–H groups in total. The molecule has 1 aliphatic heterocycles. The van der Waals surface area contributed by atoms with Gasteiger partial charge in [0.1, 0.15) is 11.6 Å². The molecule has 194 valence electrons. The Morgan fingerprint density at radius 1 is 1.11 bits per heavy atom. The Balaban J connectivity index is 1.46. The van der Waals surface area contributed by atoms with Gasteiger partial charge in [-0.3, -0.25) is 9.67 Å². The zero-order valence-electron chi connectivity index (χ0n) is 20.7. The van der Waals surface area contributed by atoms with Crippen molar-refractivity contribution in [3.8, 4) is 33.7 Å². The van der Waals surface area contributed by atoms with Crippen molar-refractivity contribution in [2.45, 2.75) is 18.9 Å². The van der Waals surface area contributed by atoms with Crippen LogP contribution in [0.25, 0.3) is 38.8 Å². The lowest BCUT2D eigenvalue weighted by atomic mass is 9.95. The molecule has 0 radical (unpaired) electrons. The van der Waals surface area contributed by atoms with Crippen LogP contribution in [0.2, 0.25) is 5.02 Å². The number of hydrogen-bond donors (Lipinski definition) is 3. The number of phenols is 1. The number of piperidine rings is 1. The van der Waals surface area contributed by atoms with E-state index in [-0.39, 0.29) is 17.5 Å². The van der Waals surface area contributed by atoms with E-state index >= 15 is 4.39 Å². The molecule has 8 nitrogen and oxygen atoms in total. The van der Waals surface area contributed by atoms with Gasteiger partial charge in [0.15, 0.2) is 0 Å². The summed E-state index contributed by atoms with van der Waals surface area (Å²) in [4.78, 5) is 14.6. The van der Waals surface area contributed by atoms with E-state index in [1.807, 2.05) is 12.1 Å². The lowest BCUT2D eigenvalue weighted by Gasteiger charge is -2.33. The fraction of sp³-hybridized carbons (Fsp3) is 0.214. The quantitative estimate of drug-likeness (QED) is 0.308. The largest absolute Gasteiger partial charge is 0.507 e. The number of imidazole rings is 1. The van der Waals surface area contributed by atoms with Crippen molar-refractivity contribution in [1.29, 1.82) is 0 Å². The number of aromatic amines is 1. The molecule has 0 amide bonds. The molecule has 0 saturated carbocycles. The van der Waals surface area contributed by atoms with Crippen molar-refractivity contribution in [1.82, 2.24) is 19.3 Å². The zero-order valence-corrected chi connectivity index (χ0v) is 21.4. The summed E-state index contributed by atoms with van der Waals surface area (Å²) < 4.78 is 17.9. The molecule has 3 heterocycles. The topological polar surface area (TPSA) is 105 Å². The van der Waals surface area contributed by atoms with E-state index < -0.39 is 5.82 Å². The SMILES string of the molecule is Cn1ccn(-c2ccc(-c3cc(F)cc(-c4cc(N5CCC[C@H](N)C5)c5cn[nH]c5c4)c3O)cc2Cl)c1=O. The minimum Gasteiger partial charge on any atom is -0.507 e. The Kier molecular flexibility index (Phi) is 5.97. The van der Waals surface area contributed by atoms with E-state index in [9.17, 15) is 9.90 Å². The van der Waals surface area contributed by atoms with Gasteiger partial charge in [0.05, 0.1) is 22.4 Å². The molecular formula is C28H26ClFN6O2. The normalized spacial score (nSPS) is 15.9. The number of phenolic OH excluding ortho intramolecular Hbond substituents is 1. The minimum absolute atomic E-state index is 0.0722. The molecule has 0 aliphatic carbocycles. The van der Waals surface area contributed by atoms with Crippen LogP contribution < -0.4 is 16.3 Å². The number of H-pyrrole nitrogens is 1. The predicted octanol–water partition coefficient (Wildman–Crippen LogP) is 4.81. The number of nitrogens with zero attached hydrogens (tertiary/aromatic N) is 4. The third-order valence-corrected chi connectivity index (χ3v) is 7.49. The summed E-state index contributed by atoms with van der Waals surface area (Å²) in [5, 5.41) is 19.8. The van der Waals surface area contributed by atoms with Crippen LogP contribution in [0.15, 0.2) is 65.8 Å². The maximum absolute atomic E-state index is 15.0. The van der Waals surface area contributed by atoms with Crippen LogP contribution in [0.4, 0.5) is 10.1 Å². The summed E-state index contributed by atoms with van der Waals surface area (Å²) >= 11 is 6.54. The molecule has 10 heteroatoms. The van der Waals surface area contributed by atoms with Gasteiger partial charge in [-0.05, 0) is 60.4 Å². The van der Waals surface area contributed by atoms with E-state index in [0.717, 1.165) is 36.0 Å². The molecule has 3 aromatic carbocycles. The van der Waals surface area contributed by atoms with Crippen molar-refractivity contribution in [2.75, 3.05) is 18.0 Å². The maximum atomic E-state index is 15.0. The number of nitrogens with one attached hydrogen (secondary N) is 1. The first-order valence-corrected chi connectivity index (χ1v) is 12.7. The van der Waals surface area contributed by atoms with Gasteiger partial charge < -0.3 is 20.3 Å². The van der Waals surface area contributed by atoms with Gasteiger partial charge in [-0.1, -0.05) is 17.7 Å². The summed E-state index contributed by atoms with van der Waals surface area (Å²) in [5.41, 5.74) is 10.0. The standard InChI is InChI=1S/C28H26ClFN6O2/c1-34-7-8-36(28(34)38)25-5-4-16(9-23(25)29)20-12-18(30)13-21(27(20)37)17-10-24-22(14-32-33-24)26(11-17)35-6-2-3-19(31)15-35/h4-5,7-14,19,37H,2-3,6,15,31H2,1H3,(H,32,33)/t19-/m0/s1. The van der Waals surface area contributed by atoms with Crippen LogP contribution in [0.5, 0.6) is 5.75 Å². The molecule has 1 aliphatic rings. The van der Waals surface area contributed by atoms with Gasteiger partial charge in [0.2, 0.25) is 0 Å². The molecule has 0 unspecified atom stereocenters. The molecule has 2 aromatic heterocycles. The van der Waals surface area contributed by atoms with Crippen molar-refractivity contribution >= 4 is 28.2 Å². The van der Waals surface area contributed by atoms with Gasteiger partial charge >= 0.3 is 5.69 Å². The van der Waals surface area contributed by atoms with Crippen molar-refractivity contribution in [3.63, 3.8) is 0 Å². The molecule has 1 fully saturated rings. The summed E-state index contributed by atoms with van der Waals surface area (Å²) in [6, 6.07) is 11.5. The second-order valence-corrected chi connectivity index (χ2v) is 10.2. The number of fused-ring (bicyclic) bond motifs is 1. The molecule has 0 spiro atoms. The maximum Gasteiger partial charge on any atom is 0.332 e. The average Bonchev–Trinajstić information content (AvgIpc) is 3.51. The number of aromatic hydroxyl groups is 1. The molecular weight excluding hydrogens is 507 g/mol. The molecule has 6 rings (SSSR count). The first-order chi connectivity index (χ1) is 18.3. The van der Waals surface area contributed by atoms with Crippen molar-refractivity contribution in [2.24, 2.45) is 12.8 Å². The molecule has 5 aromatic rings. The highest BCUT2D eigenvalue weighted by Gasteiger charge is 2.22. The monoisotopic (exact) mass is 532 g/mol. The highest BCUT2D eigenvalue weighted by Crippen LogP contribution is 2.42. The number of benzene rings is 3. The third kappa shape index (κ3) is 4.13. The van der Waals surface area contributed by atoms with Gasteiger partial charge in [0.25, 0.3) is 0 Å². The molecule has 0 bridgehead atoms. The number of aryl methyl sites for hydroxylation is 1. The van der Waals surface area contributed by atoms with E-state index in [1.54, 1.807) is 43.8 Å². The summed E-state index contributed by atoms with van der Waals surface area (Å²) in [7, 11) is 1.65. The van der Waals surface area contributed by atoms with Gasteiger partial charge in [-0.2, -0.15) is 5.10 Å². The van der Waals surface area contributed by atoms with E-state index in [4.69, 9.17) is 17.3 Å². The number of rotatable bonds is 4. The smallest absolute Gasteiger partial charge is 0.332 e. The lowest BCUT2D eigenvalue weighted by molar-refractivity contribution is 0.477. The third-order valence-electron chi connectivity index (χ3n) is 7.19. The predicted molar refractivity (Wildman–Crippen MR) is 148 cm³/mol. The molecule has 38 heavy (non-hydrogen) atoms. The fourth-order valence-corrected chi connectivity index (χ4v) is 5.51. The summed E-state index contributed by atoms with van der Waals surface area (Å²) in [6.07, 6.45) is 6.98. The van der Waals surface area contributed by atoms with Crippen LogP contribution in [-0.4, -0.2) is 43.6 Å². The number of anilines is 1. The van der Waals surface area contributed by atoms with E-state index in [0.29, 0.717) is 39.5 Å². The summed E-state index contributed by atoms with van der Waals surface area (Å²) in [6.45, 7) is 1.56. The average molecular weight is 533 g/mol. The molecule has 1 saturated heterocycles. The highest BCUT2D eigenvalue weighted by molar-refractivity contribution is 6.32. The Bertz CT molecular complexity index is 1740. The van der Waals surface area contributed by atoms with Crippen LogP contribution in [0.3, 0.4) is 0 Å². The number of nitrogens with two attached hydrogens (primary N) is 1. The van der Waals surface area contributed by atoms with Crippen molar-refractivity contribution in [3.05, 3.63) is 82.4 Å². The second-order valence-electron chi connectivity index (χ2n) is 9.75. The molecule has 1 atom stereocenters. The Labute approximate surface area is 222 Å². The summed E-state index contributed by atoms with van der Waals surface area (Å²) in [5.74, 6) is -0.578. The lowest BCUT2D eigenvalue weighted by Crippen LogP contribution is -2.42. The van der Waals surface area contributed by atoms with Crippen LogP contribution >= 0.6 is 11.6 Å². The Morgan fingerprint density at radius 3 is 2.61 bits per heavy atom. The van der Waals surface area contributed by atoms with Crippen LogP contribution in [0.1, 0.15) is 12.8 Å². The van der Waals surface area contributed by atoms with Gasteiger partial charge in [-0.15, -0.1) is 0 Å². The Hall–Kier alpha value is -4.08. The van der Waals surface area contributed by atoms with Crippen LogP contribution in [0, 0.1) is 5.82 Å². The van der Waals surface area contributed by atoms with E-state index in [2.05, 4.69) is 15.1 Å². The van der Waals surface area contributed by atoms with Gasteiger partial charge in [0, 0.05) is 60.8 Å². The number of hydrogen-bond acceptors (Lipinski definition) is 5. The van der Waals surface area contributed by atoms with Gasteiger partial charge in [-0.25, -0.2) is 9.18 Å². The minimum atomic E-state index is -0.501. The first-order valence-electron chi connectivity index (χ1n) is 12.3. The van der Waals surface area contributed by atoms with Crippen LogP contribution in [-0.2, 0) is 7.05 Å². The number of aromatic nitrogens is 4. The van der Waals surface area contributed by atoms with E-state index in [1.165, 1.54) is 21.3 Å². The number of halogens is 2. The Morgan fingerprint density at radius 2 is 1.89 bits per heavy atom. The fourth-order valence-electron chi connectivity index (χ4n) is 5.24. The first kappa shape index (κ1) is 24.3. The second kappa shape index (κ2) is 9.34. The van der Waals surface area contributed by atoms with Crippen molar-refractivity contribution < 1.29 is 9.50 Å². The zero-order chi connectivity index (χ0) is 26.6.